The third-order valence-electron chi connectivity index (χ3n) is 8.33. The zero-order chi connectivity index (χ0) is 33.3. The van der Waals surface area contributed by atoms with E-state index in [1.807, 2.05) is 0 Å². The minimum absolute atomic E-state index is 0.120. The van der Waals surface area contributed by atoms with Crippen LogP contribution in [0.25, 0.3) is 0 Å². The third-order valence-corrected chi connectivity index (χ3v) is 12.0. The molecule has 2 aliphatic carbocycles. The number of sulfone groups is 2. The van der Waals surface area contributed by atoms with E-state index < -0.39 is 87.9 Å². The van der Waals surface area contributed by atoms with Crippen LogP contribution in [-0.4, -0.2) is 63.9 Å². The van der Waals surface area contributed by atoms with Gasteiger partial charge in [-0.25, -0.2) is 25.6 Å². The highest BCUT2D eigenvalue weighted by molar-refractivity contribution is 7.92. The molecule has 17 heteroatoms. The fraction of sp³-hybridized carbons (Fsp3) is 0.519. The molecule has 0 aliphatic heterocycles. The van der Waals surface area contributed by atoms with Crippen molar-refractivity contribution >= 4 is 25.6 Å². The summed E-state index contributed by atoms with van der Waals surface area (Å²) in [4.78, 5) is 12.5. The van der Waals surface area contributed by atoms with Crippen LogP contribution in [0.4, 0.5) is 35.1 Å². The molecule has 2 aromatic rings. The predicted octanol–water partition coefficient (Wildman–Crippen LogP) is 4.42. The number of hydrogen-bond acceptors (Lipinski definition) is 6. The smallest absolute Gasteiger partial charge is 0.379 e. The van der Waals surface area contributed by atoms with Crippen molar-refractivity contribution in [3.05, 3.63) is 65.0 Å². The zero-order valence-corrected chi connectivity index (χ0v) is 24.7. The summed E-state index contributed by atoms with van der Waals surface area (Å²) in [5.41, 5.74) is -10.5. The van der Waals surface area contributed by atoms with Crippen LogP contribution in [0.15, 0.2) is 47.4 Å². The number of carbonyl (C=O) groups is 1. The van der Waals surface area contributed by atoms with Crippen LogP contribution in [0.1, 0.15) is 42.9 Å². The summed E-state index contributed by atoms with van der Waals surface area (Å²) in [7, 11) is -8.51. The Kier molecular flexibility index (Phi) is 8.25. The number of amides is 1. The Bertz CT molecular complexity index is 1660. The van der Waals surface area contributed by atoms with Crippen molar-refractivity contribution in [2.45, 2.75) is 71.9 Å². The lowest BCUT2D eigenvalue weighted by Gasteiger charge is -2.43. The summed E-state index contributed by atoms with van der Waals surface area (Å²) in [5.74, 6) is -4.01. The molecule has 0 saturated heterocycles. The van der Waals surface area contributed by atoms with Crippen molar-refractivity contribution in [3.8, 4) is 0 Å². The quantitative estimate of drug-likeness (QED) is 0.331. The molecule has 4 atom stereocenters. The molecule has 1 fully saturated rings. The first-order valence-corrected chi connectivity index (χ1v) is 16.6. The standard InChI is InChI=1S/C27H27F8NO6S2/c1-23(38,14-43(2,39)40)22(37)36-21-11-12-24(44(41,42)18-7-5-17(28)6-8-18)19-10-4-16(13-15(19)3-9-20(21)24)25(29,26(30,31)32)27(33,34)35/h4-8,10,13,20-21,38H,3,9,11-12,14H2,1-2H3,(H,36,37)/t20-,21+,23+,24+/m0/s1. The van der Waals surface area contributed by atoms with E-state index in [1.54, 1.807) is 0 Å². The second kappa shape index (κ2) is 10.6. The largest absolute Gasteiger partial charge is 0.435 e. The lowest BCUT2D eigenvalue weighted by Crippen LogP contribution is -2.55. The number of aliphatic hydroxyl groups is 1. The maximum Gasteiger partial charge on any atom is 0.435 e. The van der Waals surface area contributed by atoms with Crippen molar-refractivity contribution in [2.24, 2.45) is 5.92 Å². The molecule has 0 heterocycles. The Balaban J connectivity index is 1.88. The van der Waals surface area contributed by atoms with Gasteiger partial charge in [-0.15, -0.1) is 0 Å². The number of fused-ring (bicyclic) bond motifs is 3. The number of carbonyl (C=O) groups excluding carboxylic acids is 1. The Labute approximate surface area is 247 Å². The number of benzene rings is 2. The minimum Gasteiger partial charge on any atom is -0.379 e. The Morgan fingerprint density at radius 1 is 0.955 bits per heavy atom. The van der Waals surface area contributed by atoms with E-state index in [9.17, 15) is 61.9 Å². The summed E-state index contributed by atoms with van der Waals surface area (Å²) in [6.45, 7) is 0.934. The van der Waals surface area contributed by atoms with Gasteiger partial charge in [0.15, 0.2) is 25.3 Å². The molecule has 0 radical (unpaired) electrons. The number of nitrogens with one attached hydrogen (secondary N) is 1. The highest BCUT2D eigenvalue weighted by atomic mass is 32.2. The molecule has 2 aliphatic rings. The lowest BCUT2D eigenvalue weighted by atomic mass is 9.73. The van der Waals surface area contributed by atoms with Crippen molar-refractivity contribution in [3.63, 3.8) is 0 Å². The van der Waals surface area contributed by atoms with Gasteiger partial charge in [0.1, 0.15) is 10.6 Å². The number of aryl methyl sites for hydroxylation is 1. The number of hydrogen-bond donors (Lipinski definition) is 2. The molecular formula is C27H27F8NO6S2. The third kappa shape index (κ3) is 5.48. The molecule has 0 unspecified atom stereocenters. The number of rotatable bonds is 7. The van der Waals surface area contributed by atoms with E-state index in [0.29, 0.717) is 12.1 Å². The Morgan fingerprint density at radius 2 is 1.52 bits per heavy atom. The van der Waals surface area contributed by atoms with E-state index in [2.05, 4.69) is 5.32 Å². The van der Waals surface area contributed by atoms with E-state index in [-0.39, 0.29) is 42.9 Å². The van der Waals surface area contributed by atoms with Crippen molar-refractivity contribution in [1.82, 2.24) is 5.32 Å². The molecule has 0 bridgehead atoms. The molecular weight excluding hydrogens is 650 g/mol. The average molecular weight is 678 g/mol. The maximum atomic E-state index is 14.9. The van der Waals surface area contributed by atoms with Crippen molar-refractivity contribution in [1.29, 1.82) is 0 Å². The predicted molar refractivity (Wildman–Crippen MR) is 140 cm³/mol. The fourth-order valence-electron chi connectivity index (χ4n) is 6.45. The molecule has 2 N–H and O–H groups in total. The van der Waals surface area contributed by atoms with Crippen molar-refractivity contribution in [2.75, 3.05) is 12.0 Å². The molecule has 1 saturated carbocycles. The van der Waals surface area contributed by atoms with E-state index in [1.165, 1.54) is 0 Å². The van der Waals surface area contributed by atoms with Gasteiger partial charge in [0.2, 0.25) is 0 Å². The summed E-state index contributed by atoms with van der Waals surface area (Å²) >= 11 is 0. The highest BCUT2D eigenvalue weighted by Gasteiger charge is 2.73. The normalized spacial score (nSPS) is 24.2. The van der Waals surface area contributed by atoms with Crippen LogP contribution in [0.2, 0.25) is 0 Å². The molecule has 1 amide bonds. The van der Waals surface area contributed by atoms with Crippen molar-refractivity contribution < 1.29 is 61.9 Å². The van der Waals surface area contributed by atoms with Gasteiger partial charge in [-0.05, 0) is 68.0 Å². The van der Waals surface area contributed by atoms with Gasteiger partial charge in [0.05, 0.1) is 10.6 Å². The first-order valence-electron chi connectivity index (χ1n) is 13.1. The van der Waals surface area contributed by atoms with Gasteiger partial charge in [0, 0.05) is 23.8 Å². The molecule has 2 aromatic carbocycles. The highest BCUT2D eigenvalue weighted by Crippen LogP contribution is 2.59. The molecule has 0 aromatic heterocycles. The van der Waals surface area contributed by atoms with Crippen LogP contribution in [-0.2, 0) is 41.3 Å². The topological polar surface area (TPSA) is 118 Å². The summed E-state index contributed by atoms with van der Waals surface area (Å²) in [6.07, 6.45) is -13.0. The van der Waals surface area contributed by atoms with E-state index >= 15 is 0 Å². The molecule has 244 valence electrons. The van der Waals surface area contributed by atoms with Gasteiger partial charge in [-0.1, -0.05) is 18.2 Å². The average Bonchev–Trinajstić information content (AvgIpc) is 3.25. The summed E-state index contributed by atoms with van der Waals surface area (Å²) in [6, 6.07) is 3.77. The van der Waals surface area contributed by atoms with Gasteiger partial charge < -0.3 is 10.4 Å². The zero-order valence-electron chi connectivity index (χ0n) is 23.1. The second-order valence-corrected chi connectivity index (χ2v) is 15.8. The second-order valence-electron chi connectivity index (χ2n) is 11.5. The molecule has 4 rings (SSSR count). The van der Waals surface area contributed by atoms with Crippen LogP contribution in [0.3, 0.4) is 0 Å². The fourth-order valence-corrected chi connectivity index (χ4v) is 10.1. The van der Waals surface area contributed by atoms with Crippen LogP contribution >= 0.6 is 0 Å². The SMILES string of the molecule is C[C@@](O)(CS(C)(=O)=O)C(=O)N[C@@H]1CC[C@@]2(S(=O)(=O)c3ccc(F)cc3)c3ccc(C(F)(C(F)(F)F)C(F)(F)F)cc3CC[C@@H]12. The first-order chi connectivity index (χ1) is 19.9. The van der Waals surface area contributed by atoms with Gasteiger partial charge in [-0.2, -0.15) is 26.3 Å². The Morgan fingerprint density at radius 3 is 2.05 bits per heavy atom. The minimum atomic E-state index is -6.40. The van der Waals surface area contributed by atoms with E-state index in [4.69, 9.17) is 0 Å². The lowest BCUT2D eigenvalue weighted by molar-refractivity contribution is -0.348. The molecule has 7 nitrogen and oxygen atoms in total. The van der Waals surface area contributed by atoms with E-state index in [0.717, 1.165) is 37.4 Å². The monoisotopic (exact) mass is 677 g/mol. The summed E-state index contributed by atoms with van der Waals surface area (Å²) in [5, 5.41) is 13.0. The first kappa shape index (κ1) is 34.1. The maximum absolute atomic E-state index is 14.9. The van der Waals surface area contributed by atoms with Gasteiger partial charge >= 0.3 is 18.0 Å². The number of alkyl halides is 7. The Hall–Kier alpha value is -2.79. The van der Waals surface area contributed by atoms with Gasteiger partial charge in [-0.3, -0.25) is 4.79 Å². The van der Waals surface area contributed by atoms with Gasteiger partial charge in [0.25, 0.3) is 5.91 Å². The summed E-state index contributed by atoms with van der Waals surface area (Å²) < 4.78 is 160. The molecule has 0 spiro atoms. The molecule has 44 heavy (non-hydrogen) atoms. The van der Waals surface area contributed by atoms with Crippen LogP contribution in [0.5, 0.6) is 0 Å². The van der Waals surface area contributed by atoms with Crippen LogP contribution < -0.4 is 5.32 Å². The van der Waals surface area contributed by atoms with Crippen LogP contribution in [0, 0.1) is 11.7 Å². The number of halogens is 8.